The Morgan fingerprint density at radius 3 is 2.40 bits per heavy atom. The summed E-state index contributed by atoms with van der Waals surface area (Å²) in [5.74, 6) is 0.396. The van der Waals surface area contributed by atoms with Crippen LogP contribution in [0.3, 0.4) is 0 Å². The van der Waals surface area contributed by atoms with Crippen LogP contribution in [0.4, 0.5) is 0 Å². The summed E-state index contributed by atoms with van der Waals surface area (Å²) >= 11 is 6.11. The summed E-state index contributed by atoms with van der Waals surface area (Å²) in [6, 6.07) is 11.7. The summed E-state index contributed by atoms with van der Waals surface area (Å²) in [6.45, 7) is 6.81. The first kappa shape index (κ1) is 24.1. The molecule has 0 aromatic heterocycles. The van der Waals surface area contributed by atoms with E-state index in [1.165, 1.54) is 12.1 Å². The Kier molecular flexibility index (Phi) is 8.25. The number of carbonyl (C=O) groups excluding carboxylic acids is 1. The molecule has 9 heteroatoms. The number of nitrogens with one attached hydrogen (secondary N) is 2. The fourth-order valence-corrected chi connectivity index (χ4v) is 3.44. The molecule has 1 amide bonds. The van der Waals surface area contributed by atoms with Crippen molar-refractivity contribution in [2.24, 2.45) is 5.14 Å². The van der Waals surface area contributed by atoms with Crippen LogP contribution in [0, 0.1) is 0 Å². The van der Waals surface area contributed by atoms with Crippen LogP contribution in [-0.4, -0.2) is 33.0 Å². The molecule has 0 fully saturated rings. The zero-order valence-electron chi connectivity index (χ0n) is 17.4. The van der Waals surface area contributed by atoms with Gasteiger partial charge in [0.15, 0.2) is 6.61 Å². The molecule has 0 bridgehead atoms. The van der Waals surface area contributed by atoms with Crippen molar-refractivity contribution in [3.63, 3.8) is 0 Å². The number of halogens is 1. The molecule has 2 rings (SSSR count). The predicted molar refractivity (Wildman–Crippen MR) is 118 cm³/mol. The molecule has 0 atom stereocenters. The summed E-state index contributed by atoms with van der Waals surface area (Å²) in [6.07, 6.45) is 0.704. The van der Waals surface area contributed by atoms with E-state index in [0.717, 1.165) is 11.1 Å². The van der Waals surface area contributed by atoms with Gasteiger partial charge in [-0.25, -0.2) is 13.6 Å². The first-order valence-corrected chi connectivity index (χ1v) is 11.4. The van der Waals surface area contributed by atoms with E-state index in [2.05, 4.69) is 10.6 Å². The Hall–Kier alpha value is -2.13. The molecule has 0 saturated heterocycles. The van der Waals surface area contributed by atoms with Gasteiger partial charge in [0.25, 0.3) is 5.91 Å². The molecule has 0 radical (unpaired) electrons. The van der Waals surface area contributed by atoms with Crippen LogP contribution in [0.15, 0.2) is 47.4 Å². The highest BCUT2D eigenvalue weighted by atomic mass is 35.5. The number of ether oxygens (including phenoxy) is 1. The summed E-state index contributed by atoms with van der Waals surface area (Å²) in [5.41, 5.74) is 1.50. The lowest BCUT2D eigenvalue weighted by Gasteiger charge is -2.21. The zero-order chi connectivity index (χ0) is 22.4. The highest BCUT2D eigenvalue weighted by Gasteiger charge is 2.15. The van der Waals surface area contributed by atoms with Gasteiger partial charge in [0.1, 0.15) is 5.75 Å². The lowest BCUT2D eigenvalue weighted by molar-refractivity contribution is -0.124. The van der Waals surface area contributed by atoms with Gasteiger partial charge in [0.05, 0.1) is 4.90 Å². The zero-order valence-corrected chi connectivity index (χ0v) is 18.9. The molecule has 30 heavy (non-hydrogen) atoms. The van der Waals surface area contributed by atoms with Gasteiger partial charge in [-0.05, 0) is 69.6 Å². The van der Waals surface area contributed by atoms with Crippen LogP contribution in [0.1, 0.15) is 31.9 Å². The molecule has 7 nitrogen and oxygen atoms in total. The molecule has 4 N–H and O–H groups in total. The van der Waals surface area contributed by atoms with Crippen molar-refractivity contribution in [2.75, 3.05) is 13.2 Å². The van der Waals surface area contributed by atoms with Crippen molar-refractivity contribution < 1.29 is 17.9 Å². The van der Waals surface area contributed by atoms with Crippen LogP contribution < -0.4 is 20.5 Å². The monoisotopic (exact) mass is 453 g/mol. The van der Waals surface area contributed by atoms with Crippen molar-refractivity contribution in [2.45, 2.75) is 44.2 Å². The summed E-state index contributed by atoms with van der Waals surface area (Å²) in [4.78, 5) is 12.1. The maximum absolute atomic E-state index is 12.0. The Labute approximate surface area is 183 Å². The molecule has 0 heterocycles. The fourth-order valence-electron chi connectivity index (χ4n) is 2.73. The highest BCUT2D eigenvalue weighted by Crippen LogP contribution is 2.23. The Morgan fingerprint density at radius 1 is 1.13 bits per heavy atom. The SMILES string of the molecule is CC(C)(C)NC(=O)COc1ccc(Cl)cc1CNCCc1ccc(S(N)(=O)=O)cc1. The number of nitrogens with two attached hydrogens (primary N) is 1. The molecular formula is C21H28ClN3O4S. The molecule has 0 spiro atoms. The number of hydrogen-bond acceptors (Lipinski definition) is 5. The van der Waals surface area contributed by atoms with E-state index in [9.17, 15) is 13.2 Å². The van der Waals surface area contributed by atoms with Gasteiger partial charge in [0, 0.05) is 22.7 Å². The molecule has 0 aliphatic rings. The predicted octanol–water partition coefficient (Wildman–Crippen LogP) is 2.61. The van der Waals surface area contributed by atoms with Gasteiger partial charge in [0.2, 0.25) is 10.0 Å². The van der Waals surface area contributed by atoms with E-state index >= 15 is 0 Å². The summed E-state index contributed by atoms with van der Waals surface area (Å²) < 4.78 is 28.3. The van der Waals surface area contributed by atoms with Crippen LogP contribution in [0.5, 0.6) is 5.75 Å². The average Bonchev–Trinajstić information content (AvgIpc) is 2.63. The third-order valence-corrected chi connectivity index (χ3v) is 5.22. The summed E-state index contributed by atoms with van der Waals surface area (Å²) in [7, 11) is -3.68. The average molecular weight is 454 g/mol. The molecule has 0 aliphatic heterocycles. The van der Waals surface area contributed by atoms with Gasteiger partial charge < -0.3 is 15.4 Å². The number of benzene rings is 2. The van der Waals surface area contributed by atoms with Crippen LogP contribution in [-0.2, 0) is 27.8 Å². The number of carbonyl (C=O) groups is 1. The van der Waals surface area contributed by atoms with E-state index in [1.807, 2.05) is 20.8 Å². The van der Waals surface area contributed by atoms with Crippen molar-refractivity contribution >= 4 is 27.5 Å². The second kappa shape index (κ2) is 10.3. The van der Waals surface area contributed by atoms with Crippen molar-refractivity contribution in [1.82, 2.24) is 10.6 Å². The second-order valence-corrected chi connectivity index (χ2v) is 9.95. The molecule has 164 valence electrons. The van der Waals surface area contributed by atoms with Gasteiger partial charge in [-0.3, -0.25) is 4.79 Å². The number of hydrogen-bond donors (Lipinski definition) is 3. The Bertz CT molecular complexity index is 971. The van der Waals surface area contributed by atoms with Crippen LogP contribution in [0.2, 0.25) is 5.02 Å². The molecule has 0 aliphatic carbocycles. The van der Waals surface area contributed by atoms with E-state index in [1.54, 1.807) is 30.3 Å². The Balaban J connectivity index is 1.89. The topological polar surface area (TPSA) is 111 Å². The summed E-state index contributed by atoms with van der Waals surface area (Å²) in [5, 5.41) is 11.8. The third-order valence-electron chi connectivity index (χ3n) is 4.05. The smallest absolute Gasteiger partial charge is 0.258 e. The second-order valence-electron chi connectivity index (χ2n) is 7.95. The van der Waals surface area contributed by atoms with Gasteiger partial charge in [-0.2, -0.15) is 0 Å². The highest BCUT2D eigenvalue weighted by molar-refractivity contribution is 7.89. The Morgan fingerprint density at radius 2 is 1.80 bits per heavy atom. The lowest BCUT2D eigenvalue weighted by atomic mass is 10.1. The quantitative estimate of drug-likeness (QED) is 0.505. The third kappa shape index (κ3) is 8.31. The molecule has 2 aromatic rings. The molecule has 0 saturated carbocycles. The van der Waals surface area contributed by atoms with E-state index in [4.69, 9.17) is 21.5 Å². The number of amides is 1. The van der Waals surface area contributed by atoms with Crippen LogP contribution >= 0.6 is 11.6 Å². The first-order valence-electron chi connectivity index (χ1n) is 9.49. The standard InChI is InChI=1S/C21H28ClN3O4S/c1-21(2,3)25-20(26)14-29-19-9-6-17(22)12-16(19)13-24-11-10-15-4-7-18(8-5-15)30(23,27)28/h4-9,12,24H,10-11,13-14H2,1-3H3,(H,25,26)(H2,23,27,28). The van der Waals surface area contributed by atoms with Crippen molar-refractivity contribution in [3.05, 3.63) is 58.6 Å². The number of rotatable bonds is 9. The minimum absolute atomic E-state index is 0.0810. The van der Waals surface area contributed by atoms with Gasteiger partial charge in [-0.1, -0.05) is 23.7 Å². The van der Waals surface area contributed by atoms with Crippen LogP contribution in [0.25, 0.3) is 0 Å². The van der Waals surface area contributed by atoms with Gasteiger partial charge in [-0.15, -0.1) is 0 Å². The largest absolute Gasteiger partial charge is 0.483 e. The normalized spacial score (nSPS) is 11.9. The molecule has 0 unspecified atom stereocenters. The van der Waals surface area contributed by atoms with Gasteiger partial charge >= 0.3 is 0 Å². The maximum Gasteiger partial charge on any atom is 0.258 e. The number of primary sulfonamides is 1. The first-order chi connectivity index (χ1) is 13.9. The fraction of sp³-hybridized carbons (Fsp3) is 0.381. The van der Waals surface area contributed by atoms with Crippen molar-refractivity contribution in [1.29, 1.82) is 0 Å². The van der Waals surface area contributed by atoms with E-state index in [0.29, 0.717) is 30.3 Å². The minimum Gasteiger partial charge on any atom is -0.483 e. The number of sulfonamides is 1. The van der Waals surface area contributed by atoms with E-state index < -0.39 is 10.0 Å². The lowest BCUT2D eigenvalue weighted by Crippen LogP contribution is -2.43. The minimum atomic E-state index is -3.68. The molecular weight excluding hydrogens is 426 g/mol. The van der Waals surface area contributed by atoms with Crippen molar-refractivity contribution in [3.8, 4) is 5.75 Å². The molecule has 2 aromatic carbocycles. The maximum atomic E-state index is 12.0. The van der Waals surface area contributed by atoms with E-state index in [-0.39, 0.29) is 22.9 Å².